The van der Waals surface area contributed by atoms with Crippen LogP contribution in [0.3, 0.4) is 0 Å². The number of aliphatic hydroxyl groups excluding tert-OH is 2. The molecule has 4 rings (SSSR count). The van der Waals surface area contributed by atoms with Crippen LogP contribution in [0.15, 0.2) is 6.20 Å². The van der Waals surface area contributed by atoms with Crippen LogP contribution in [0, 0.1) is 0 Å². The van der Waals surface area contributed by atoms with Crippen molar-refractivity contribution >= 4 is 36.0 Å². The first-order valence-electron chi connectivity index (χ1n) is 10.5. The highest BCUT2D eigenvalue weighted by Crippen LogP contribution is 2.44. The summed E-state index contributed by atoms with van der Waals surface area (Å²) in [5, 5.41) is 29.2. The van der Waals surface area contributed by atoms with Crippen LogP contribution in [-0.4, -0.2) is 76.6 Å². The fourth-order valence-electron chi connectivity index (χ4n) is 4.19. The van der Waals surface area contributed by atoms with Crippen LogP contribution < -0.4 is 5.32 Å². The second kappa shape index (κ2) is 9.47. The van der Waals surface area contributed by atoms with Crippen LogP contribution in [0.1, 0.15) is 45.3 Å². The van der Waals surface area contributed by atoms with Crippen LogP contribution in [-0.2, 0) is 14.0 Å². The van der Waals surface area contributed by atoms with Gasteiger partial charge in [0.25, 0.3) is 0 Å². The van der Waals surface area contributed by atoms with E-state index in [2.05, 4.69) is 20.4 Å². The number of hydrogen-bond acceptors (Lipinski definition) is 9. The van der Waals surface area contributed by atoms with Crippen molar-refractivity contribution in [3.63, 3.8) is 0 Å². The largest absolute Gasteiger partial charge is 0.387 e. The number of nitrogens with zero attached hydrogens (tertiary/aromatic N) is 4. The normalized spacial score (nSPS) is 27.9. The molecule has 2 fully saturated rings. The highest BCUT2D eigenvalue weighted by Gasteiger charge is 2.45. The minimum absolute atomic E-state index is 0.0000900. The molecule has 0 aromatic carbocycles. The molecular formula is C18H27ClN5O7P. The number of ether oxygens (including phenoxy) is 2. The molecule has 2 aromatic heterocycles. The number of anilines is 1. The lowest BCUT2D eigenvalue weighted by molar-refractivity contribution is -0.0762. The lowest BCUT2D eigenvalue weighted by Gasteiger charge is -2.21. The topological polar surface area (TPSA) is 172 Å². The van der Waals surface area contributed by atoms with E-state index in [0.717, 1.165) is 25.7 Å². The number of aromatic nitrogens is 4. The van der Waals surface area contributed by atoms with Crippen molar-refractivity contribution in [1.82, 2.24) is 19.7 Å². The third kappa shape index (κ3) is 4.78. The van der Waals surface area contributed by atoms with Crippen molar-refractivity contribution in [2.24, 2.45) is 0 Å². The fourth-order valence-corrected chi connectivity index (χ4v) is 5.11. The van der Waals surface area contributed by atoms with Crippen molar-refractivity contribution < 1.29 is 34.0 Å². The van der Waals surface area contributed by atoms with E-state index < -0.39 is 38.0 Å². The summed E-state index contributed by atoms with van der Waals surface area (Å²) in [7, 11) is -4.47. The molecule has 5 atom stereocenters. The Balaban J connectivity index is 1.54. The van der Waals surface area contributed by atoms with Gasteiger partial charge in [-0.2, -0.15) is 15.1 Å². The Kier molecular flexibility index (Phi) is 7.04. The average molecular weight is 492 g/mol. The van der Waals surface area contributed by atoms with Gasteiger partial charge >= 0.3 is 7.60 Å². The summed E-state index contributed by atoms with van der Waals surface area (Å²) in [5.41, 5.74) is 0.324. The van der Waals surface area contributed by atoms with Crippen LogP contribution in [0.25, 0.3) is 11.0 Å². The molecule has 3 heterocycles. The van der Waals surface area contributed by atoms with E-state index in [9.17, 15) is 24.6 Å². The van der Waals surface area contributed by atoms with E-state index in [-0.39, 0.29) is 24.4 Å². The maximum atomic E-state index is 11.5. The third-order valence-electron chi connectivity index (χ3n) is 5.88. The molecule has 178 valence electrons. The molecule has 14 heteroatoms. The standard InChI is InChI=1S/C18H27ClN5O7P/c1-2-12(32(27,28)29)30-8-11-13(25)14(26)17(31-11)24-16-10(7-20-24)15(22-18(19)23-16)21-9-5-3-4-6-9/h7,9,11-14,17,25-26H,2-6,8H2,1H3,(H,21,22,23)(H2,27,28,29)/t11-,12?,13-,14-,17-/m1/s1. The summed E-state index contributed by atoms with van der Waals surface area (Å²) in [4.78, 5) is 27.2. The average Bonchev–Trinajstić information content (AvgIpc) is 3.44. The monoisotopic (exact) mass is 491 g/mol. The van der Waals surface area contributed by atoms with Gasteiger partial charge < -0.3 is 34.8 Å². The van der Waals surface area contributed by atoms with Gasteiger partial charge in [0.1, 0.15) is 24.1 Å². The Morgan fingerprint density at radius 3 is 2.69 bits per heavy atom. The van der Waals surface area contributed by atoms with E-state index in [1.165, 1.54) is 10.9 Å². The van der Waals surface area contributed by atoms with Crippen molar-refractivity contribution in [1.29, 1.82) is 0 Å². The first-order valence-corrected chi connectivity index (χ1v) is 12.6. The molecule has 2 aromatic rings. The zero-order valence-electron chi connectivity index (χ0n) is 17.4. The number of hydrogen-bond donors (Lipinski definition) is 5. The summed E-state index contributed by atoms with van der Waals surface area (Å²) in [6.45, 7) is 1.26. The van der Waals surface area contributed by atoms with E-state index in [4.69, 9.17) is 21.1 Å². The Morgan fingerprint density at radius 1 is 1.31 bits per heavy atom. The SMILES string of the molecule is CCC(OC[C@H]1O[C@@H](n2ncc3c(NC4CCCC4)nc(Cl)nc32)[C@H](O)[C@@H]1O)P(=O)(O)O. The second-order valence-corrected chi connectivity index (χ2v) is 10.2. The van der Waals surface area contributed by atoms with Crippen LogP contribution in [0.5, 0.6) is 0 Å². The van der Waals surface area contributed by atoms with Gasteiger partial charge in [-0.3, -0.25) is 4.57 Å². The molecule has 1 unspecified atom stereocenters. The Labute approximate surface area is 189 Å². The maximum absolute atomic E-state index is 11.5. The first-order chi connectivity index (χ1) is 15.2. The number of halogens is 1. The molecule has 5 N–H and O–H groups in total. The molecule has 0 spiro atoms. The first kappa shape index (κ1) is 23.8. The van der Waals surface area contributed by atoms with Gasteiger partial charge in [-0.05, 0) is 30.9 Å². The Hall–Kier alpha value is -1.37. The second-order valence-electron chi connectivity index (χ2n) is 8.12. The number of rotatable bonds is 8. The molecule has 1 saturated carbocycles. The summed E-state index contributed by atoms with van der Waals surface area (Å²) in [5.74, 6) is -0.783. The van der Waals surface area contributed by atoms with Gasteiger partial charge in [-0.25, -0.2) is 4.68 Å². The van der Waals surface area contributed by atoms with Gasteiger partial charge in [0.05, 0.1) is 18.2 Å². The number of nitrogens with one attached hydrogen (secondary N) is 1. The van der Waals surface area contributed by atoms with E-state index >= 15 is 0 Å². The summed E-state index contributed by atoms with van der Waals surface area (Å²) >= 11 is 6.13. The number of fused-ring (bicyclic) bond motifs is 1. The van der Waals surface area contributed by atoms with Crippen molar-refractivity contribution in [3.8, 4) is 0 Å². The predicted molar refractivity (Wildman–Crippen MR) is 114 cm³/mol. The van der Waals surface area contributed by atoms with Crippen LogP contribution >= 0.6 is 19.2 Å². The molecule has 1 aliphatic carbocycles. The van der Waals surface area contributed by atoms with Gasteiger partial charge in [-0.15, -0.1) is 0 Å². The number of aliphatic hydroxyl groups is 2. The quantitative estimate of drug-likeness (QED) is 0.267. The zero-order chi connectivity index (χ0) is 23.0. The highest BCUT2D eigenvalue weighted by molar-refractivity contribution is 7.52. The van der Waals surface area contributed by atoms with E-state index in [1.807, 2.05) is 0 Å². The molecule has 0 amide bonds. The van der Waals surface area contributed by atoms with Crippen molar-refractivity contribution in [3.05, 3.63) is 11.5 Å². The predicted octanol–water partition coefficient (Wildman–Crippen LogP) is 1.38. The van der Waals surface area contributed by atoms with E-state index in [1.54, 1.807) is 6.92 Å². The van der Waals surface area contributed by atoms with Gasteiger partial charge in [0, 0.05) is 6.04 Å². The smallest absolute Gasteiger partial charge is 0.354 e. The summed E-state index contributed by atoms with van der Waals surface area (Å²) in [6, 6.07) is 0.282. The van der Waals surface area contributed by atoms with Crippen LogP contribution in [0.2, 0.25) is 5.28 Å². The summed E-state index contributed by atoms with van der Waals surface area (Å²) < 4.78 is 23.8. The van der Waals surface area contributed by atoms with Crippen LogP contribution in [0.4, 0.5) is 5.82 Å². The van der Waals surface area contributed by atoms with Gasteiger partial charge in [0.2, 0.25) is 5.28 Å². The molecule has 0 bridgehead atoms. The highest BCUT2D eigenvalue weighted by atomic mass is 35.5. The Bertz CT molecular complexity index is 997. The Morgan fingerprint density at radius 2 is 2.03 bits per heavy atom. The molecule has 2 aliphatic rings. The van der Waals surface area contributed by atoms with E-state index in [0.29, 0.717) is 16.9 Å². The molecule has 1 saturated heterocycles. The third-order valence-corrected chi connectivity index (χ3v) is 7.31. The molecule has 0 radical (unpaired) electrons. The molecule has 1 aliphatic heterocycles. The lowest BCUT2D eigenvalue weighted by atomic mass is 10.1. The van der Waals surface area contributed by atoms with Gasteiger partial charge in [0.15, 0.2) is 17.7 Å². The van der Waals surface area contributed by atoms with Crippen molar-refractivity contribution in [2.75, 3.05) is 11.9 Å². The fraction of sp³-hybridized carbons (Fsp3) is 0.722. The molecule has 32 heavy (non-hydrogen) atoms. The van der Waals surface area contributed by atoms with Crippen molar-refractivity contribution in [2.45, 2.75) is 75.5 Å². The zero-order valence-corrected chi connectivity index (χ0v) is 19.1. The minimum Gasteiger partial charge on any atom is -0.387 e. The summed E-state index contributed by atoms with van der Waals surface area (Å²) in [6.07, 6.45) is 1.10. The van der Waals surface area contributed by atoms with Gasteiger partial charge in [-0.1, -0.05) is 19.8 Å². The molecular weight excluding hydrogens is 465 g/mol. The maximum Gasteiger partial charge on any atom is 0.354 e. The molecule has 12 nitrogen and oxygen atoms in total. The minimum atomic E-state index is -4.47. The lowest BCUT2D eigenvalue weighted by Crippen LogP contribution is -2.35.